The summed E-state index contributed by atoms with van der Waals surface area (Å²) in [5.74, 6) is 0.668. The second-order valence-corrected chi connectivity index (χ2v) is 5.16. The molecule has 1 aromatic rings. The Morgan fingerprint density at radius 2 is 1.95 bits per heavy atom. The summed E-state index contributed by atoms with van der Waals surface area (Å²) in [7, 11) is 3.52. The monoisotopic (exact) mass is 279 g/mol. The van der Waals surface area contributed by atoms with Crippen LogP contribution >= 0.6 is 0 Å². The van der Waals surface area contributed by atoms with Gasteiger partial charge in [-0.15, -0.1) is 0 Å². The van der Waals surface area contributed by atoms with Gasteiger partial charge in [-0.1, -0.05) is 25.7 Å². The predicted molar refractivity (Wildman–Crippen MR) is 78.1 cm³/mol. The Bertz CT molecular complexity index is 472. The van der Waals surface area contributed by atoms with Crippen molar-refractivity contribution in [3.8, 4) is 0 Å². The van der Waals surface area contributed by atoms with Gasteiger partial charge in [-0.25, -0.2) is 9.97 Å². The number of nitro groups is 1. The summed E-state index contributed by atoms with van der Waals surface area (Å²) in [4.78, 5) is 20.9. The van der Waals surface area contributed by atoms with Crippen molar-refractivity contribution in [2.75, 3.05) is 24.3 Å². The van der Waals surface area contributed by atoms with Gasteiger partial charge in [-0.05, 0) is 12.8 Å². The van der Waals surface area contributed by atoms with Crippen molar-refractivity contribution < 1.29 is 4.92 Å². The highest BCUT2D eigenvalue weighted by Crippen LogP contribution is 2.34. The van der Waals surface area contributed by atoms with Gasteiger partial charge in [0, 0.05) is 20.1 Å². The van der Waals surface area contributed by atoms with Crippen LogP contribution in [0.3, 0.4) is 0 Å². The van der Waals surface area contributed by atoms with Crippen LogP contribution < -0.4 is 10.2 Å². The average Bonchev–Trinajstić information content (AvgIpc) is 2.74. The number of nitrogens with one attached hydrogen (secondary N) is 1. The van der Waals surface area contributed by atoms with Crippen LogP contribution in [0.2, 0.25) is 0 Å². The van der Waals surface area contributed by atoms with Gasteiger partial charge >= 0.3 is 5.69 Å². The van der Waals surface area contributed by atoms with Crippen LogP contribution in [0.25, 0.3) is 0 Å². The molecule has 0 aliphatic heterocycles. The van der Waals surface area contributed by atoms with Gasteiger partial charge in [0.25, 0.3) is 0 Å². The molecule has 0 spiro atoms. The molecule has 0 saturated heterocycles. The molecule has 7 nitrogen and oxygen atoms in total. The SMILES string of the molecule is CNc1ncnc(N(C)C2CCCCCC2)c1[N+](=O)[O-]. The molecule has 0 amide bonds. The van der Waals surface area contributed by atoms with Crippen LogP contribution in [0.1, 0.15) is 38.5 Å². The summed E-state index contributed by atoms with van der Waals surface area (Å²) < 4.78 is 0. The van der Waals surface area contributed by atoms with Crippen molar-refractivity contribution in [2.45, 2.75) is 44.6 Å². The van der Waals surface area contributed by atoms with E-state index in [-0.39, 0.29) is 11.5 Å². The maximum absolute atomic E-state index is 11.3. The molecule has 110 valence electrons. The molecule has 0 radical (unpaired) electrons. The summed E-state index contributed by atoms with van der Waals surface area (Å²) in [5, 5.41) is 14.1. The van der Waals surface area contributed by atoms with E-state index in [0.717, 1.165) is 12.8 Å². The first-order chi connectivity index (χ1) is 9.65. The molecule has 0 unspecified atom stereocenters. The Kier molecular flexibility index (Phi) is 4.70. The number of aromatic nitrogens is 2. The molecule has 1 fully saturated rings. The molecule has 7 heteroatoms. The van der Waals surface area contributed by atoms with Crippen molar-refractivity contribution in [3.05, 3.63) is 16.4 Å². The van der Waals surface area contributed by atoms with Crippen molar-refractivity contribution in [2.24, 2.45) is 0 Å². The van der Waals surface area contributed by atoms with E-state index in [1.54, 1.807) is 7.05 Å². The lowest BCUT2D eigenvalue weighted by molar-refractivity contribution is -0.383. The zero-order valence-electron chi connectivity index (χ0n) is 12.0. The minimum absolute atomic E-state index is 0.0400. The fourth-order valence-electron chi connectivity index (χ4n) is 2.80. The predicted octanol–water partition coefficient (Wildman–Crippen LogP) is 2.59. The first kappa shape index (κ1) is 14.5. The molecule has 0 atom stereocenters. The third-order valence-electron chi connectivity index (χ3n) is 3.93. The Morgan fingerprint density at radius 1 is 1.30 bits per heavy atom. The van der Waals surface area contributed by atoms with Crippen molar-refractivity contribution in [1.82, 2.24) is 9.97 Å². The third-order valence-corrected chi connectivity index (χ3v) is 3.93. The van der Waals surface area contributed by atoms with Crippen LogP contribution in [0, 0.1) is 10.1 Å². The number of nitrogens with zero attached hydrogens (tertiary/aromatic N) is 4. The summed E-state index contributed by atoms with van der Waals surface area (Å²) in [5.41, 5.74) is -0.0400. The van der Waals surface area contributed by atoms with Gasteiger partial charge < -0.3 is 10.2 Å². The van der Waals surface area contributed by atoms with E-state index in [4.69, 9.17) is 0 Å². The molecule has 20 heavy (non-hydrogen) atoms. The van der Waals surface area contributed by atoms with E-state index < -0.39 is 4.92 Å². The molecule has 0 bridgehead atoms. The molecular formula is C13H21N5O2. The summed E-state index contributed by atoms with van der Waals surface area (Å²) in [6.07, 6.45) is 8.34. The fourth-order valence-corrected chi connectivity index (χ4v) is 2.80. The second kappa shape index (κ2) is 6.49. The van der Waals surface area contributed by atoms with Crippen LogP contribution in [0.15, 0.2) is 6.33 Å². The van der Waals surface area contributed by atoms with Crippen molar-refractivity contribution >= 4 is 17.3 Å². The third kappa shape index (κ3) is 2.97. The number of hydrogen-bond donors (Lipinski definition) is 1. The smallest absolute Gasteiger partial charge is 0.353 e. The Hall–Kier alpha value is -1.92. The van der Waals surface area contributed by atoms with Gasteiger partial charge in [-0.3, -0.25) is 10.1 Å². The largest absolute Gasteiger partial charge is 0.367 e. The highest BCUT2D eigenvalue weighted by molar-refractivity contribution is 5.70. The van der Waals surface area contributed by atoms with Crippen LogP contribution in [0.5, 0.6) is 0 Å². The van der Waals surface area contributed by atoms with Gasteiger partial charge in [-0.2, -0.15) is 0 Å². The molecule has 1 N–H and O–H groups in total. The van der Waals surface area contributed by atoms with Gasteiger partial charge in [0.2, 0.25) is 11.6 Å². The van der Waals surface area contributed by atoms with E-state index in [9.17, 15) is 10.1 Å². The first-order valence-electron chi connectivity index (χ1n) is 7.05. The lowest BCUT2D eigenvalue weighted by Gasteiger charge is -2.27. The topological polar surface area (TPSA) is 84.2 Å². The number of rotatable bonds is 4. The minimum atomic E-state index is -0.408. The molecule has 1 aliphatic carbocycles. The normalized spacial score (nSPS) is 16.5. The van der Waals surface area contributed by atoms with E-state index in [0.29, 0.717) is 11.9 Å². The lowest BCUT2D eigenvalue weighted by Crippen LogP contribution is -2.32. The fraction of sp³-hybridized carbons (Fsp3) is 0.692. The highest BCUT2D eigenvalue weighted by atomic mass is 16.6. The van der Waals surface area contributed by atoms with E-state index in [2.05, 4.69) is 15.3 Å². The van der Waals surface area contributed by atoms with Gasteiger partial charge in [0.15, 0.2) is 0 Å². The molecule has 0 aromatic carbocycles. The number of anilines is 2. The second-order valence-electron chi connectivity index (χ2n) is 5.16. The molecule has 1 heterocycles. The van der Waals surface area contributed by atoms with Crippen molar-refractivity contribution in [3.63, 3.8) is 0 Å². The standard InChI is InChI=1S/C13H21N5O2/c1-14-12-11(18(19)20)13(16-9-15-12)17(2)10-7-5-3-4-6-8-10/h9-10H,3-8H2,1-2H3,(H,14,15,16). The Balaban J connectivity index is 2.32. The summed E-state index contributed by atoms with van der Waals surface area (Å²) in [6, 6.07) is 0.316. The minimum Gasteiger partial charge on any atom is -0.367 e. The van der Waals surface area contributed by atoms with E-state index in [1.165, 1.54) is 32.0 Å². The lowest BCUT2D eigenvalue weighted by atomic mass is 10.1. The number of hydrogen-bond acceptors (Lipinski definition) is 6. The van der Waals surface area contributed by atoms with Gasteiger partial charge in [0.1, 0.15) is 6.33 Å². The van der Waals surface area contributed by atoms with E-state index >= 15 is 0 Å². The summed E-state index contributed by atoms with van der Waals surface area (Å²) in [6.45, 7) is 0. The van der Waals surface area contributed by atoms with Crippen LogP contribution in [-0.2, 0) is 0 Å². The quantitative estimate of drug-likeness (QED) is 0.518. The summed E-state index contributed by atoms with van der Waals surface area (Å²) >= 11 is 0. The molecular weight excluding hydrogens is 258 g/mol. The highest BCUT2D eigenvalue weighted by Gasteiger charge is 2.28. The van der Waals surface area contributed by atoms with Crippen LogP contribution in [0.4, 0.5) is 17.3 Å². The average molecular weight is 279 g/mol. The molecule has 2 rings (SSSR count). The first-order valence-corrected chi connectivity index (χ1v) is 7.05. The van der Waals surface area contributed by atoms with Crippen LogP contribution in [-0.4, -0.2) is 35.0 Å². The Labute approximate surface area is 118 Å². The molecule has 1 aliphatic rings. The zero-order valence-corrected chi connectivity index (χ0v) is 12.0. The van der Waals surface area contributed by atoms with E-state index in [1.807, 2.05) is 11.9 Å². The molecule has 1 aromatic heterocycles. The maximum atomic E-state index is 11.3. The maximum Gasteiger partial charge on any atom is 0.353 e. The zero-order chi connectivity index (χ0) is 14.5. The Morgan fingerprint density at radius 3 is 2.50 bits per heavy atom. The van der Waals surface area contributed by atoms with Gasteiger partial charge in [0.05, 0.1) is 4.92 Å². The van der Waals surface area contributed by atoms with Crippen molar-refractivity contribution in [1.29, 1.82) is 0 Å². The molecule has 1 saturated carbocycles.